The van der Waals surface area contributed by atoms with Crippen molar-refractivity contribution in [1.29, 1.82) is 0 Å². The van der Waals surface area contributed by atoms with Crippen LogP contribution < -0.4 is 0 Å². The summed E-state index contributed by atoms with van der Waals surface area (Å²) in [7, 11) is 3.64. The van der Waals surface area contributed by atoms with Crippen molar-refractivity contribution < 1.29 is 5.11 Å². The van der Waals surface area contributed by atoms with Crippen LogP contribution in [0.15, 0.2) is 35.3 Å². The van der Waals surface area contributed by atoms with E-state index in [1.54, 1.807) is 18.8 Å². The molecule has 4 heteroatoms. The number of aliphatic imine (C=N–C) groups is 1. The summed E-state index contributed by atoms with van der Waals surface area (Å²) in [5.74, 6) is 0. The van der Waals surface area contributed by atoms with Gasteiger partial charge in [-0.1, -0.05) is 42.1 Å². The standard InChI is InChI=1S/C12H16N2OS/c1-13-12-14(2)11(15)10(16-12)8-9-6-4-3-5-7-9/h3-7,10-11,15H,8H2,1-2H3/t10-,11-/m1/s1. The SMILES string of the molecule is CN=C1S[C@H](Cc2ccccc2)[C@@H](O)N1C. The summed E-state index contributed by atoms with van der Waals surface area (Å²) in [6, 6.07) is 10.2. The largest absolute Gasteiger partial charge is 0.372 e. The predicted molar refractivity (Wildman–Crippen MR) is 68.7 cm³/mol. The minimum Gasteiger partial charge on any atom is -0.372 e. The maximum atomic E-state index is 10.0. The highest BCUT2D eigenvalue weighted by Gasteiger charge is 2.35. The van der Waals surface area contributed by atoms with Gasteiger partial charge in [0.05, 0.1) is 5.25 Å². The van der Waals surface area contributed by atoms with Crippen LogP contribution in [0.3, 0.4) is 0 Å². The lowest BCUT2D eigenvalue weighted by Crippen LogP contribution is -2.34. The van der Waals surface area contributed by atoms with Crippen molar-refractivity contribution >= 4 is 16.9 Å². The van der Waals surface area contributed by atoms with Gasteiger partial charge in [0, 0.05) is 14.1 Å². The molecule has 0 bridgehead atoms. The molecule has 16 heavy (non-hydrogen) atoms. The van der Waals surface area contributed by atoms with Gasteiger partial charge in [0.25, 0.3) is 0 Å². The summed E-state index contributed by atoms with van der Waals surface area (Å²) >= 11 is 1.65. The topological polar surface area (TPSA) is 35.8 Å². The molecule has 0 amide bonds. The highest BCUT2D eigenvalue weighted by molar-refractivity contribution is 8.14. The van der Waals surface area contributed by atoms with E-state index in [1.165, 1.54) is 5.56 Å². The Labute approximate surface area is 100 Å². The van der Waals surface area contributed by atoms with E-state index in [4.69, 9.17) is 0 Å². The molecule has 1 aromatic rings. The molecule has 0 aliphatic carbocycles. The molecule has 1 N–H and O–H groups in total. The van der Waals surface area contributed by atoms with E-state index in [9.17, 15) is 5.11 Å². The van der Waals surface area contributed by atoms with Gasteiger partial charge in [0.1, 0.15) is 6.23 Å². The van der Waals surface area contributed by atoms with E-state index in [-0.39, 0.29) is 5.25 Å². The van der Waals surface area contributed by atoms with Gasteiger partial charge in [0.15, 0.2) is 5.17 Å². The number of rotatable bonds is 2. The van der Waals surface area contributed by atoms with Crippen molar-refractivity contribution in [2.45, 2.75) is 17.9 Å². The number of amidine groups is 1. The minimum atomic E-state index is -0.441. The molecule has 1 saturated heterocycles. The maximum absolute atomic E-state index is 10.0. The number of nitrogens with zero attached hydrogens (tertiary/aromatic N) is 2. The predicted octanol–water partition coefficient (Wildman–Crippen LogP) is 1.58. The zero-order chi connectivity index (χ0) is 11.5. The molecule has 2 atom stereocenters. The third-order valence-corrected chi connectivity index (χ3v) is 4.15. The Kier molecular flexibility index (Phi) is 3.51. The van der Waals surface area contributed by atoms with Crippen LogP contribution in [-0.4, -0.2) is 40.7 Å². The Bertz CT molecular complexity index is 380. The molecule has 0 radical (unpaired) electrons. The Morgan fingerprint density at radius 1 is 1.38 bits per heavy atom. The average molecular weight is 236 g/mol. The molecule has 1 heterocycles. The monoisotopic (exact) mass is 236 g/mol. The van der Waals surface area contributed by atoms with Crippen molar-refractivity contribution in [2.24, 2.45) is 4.99 Å². The molecular weight excluding hydrogens is 220 g/mol. The summed E-state index contributed by atoms with van der Waals surface area (Å²) in [6.07, 6.45) is 0.430. The van der Waals surface area contributed by atoms with Gasteiger partial charge in [-0.05, 0) is 12.0 Å². The van der Waals surface area contributed by atoms with Gasteiger partial charge in [-0.2, -0.15) is 0 Å². The third kappa shape index (κ3) is 2.23. The quantitative estimate of drug-likeness (QED) is 0.847. The van der Waals surface area contributed by atoms with Crippen molar-refractivity contribution in [1.82, 2.24) is 4.90 Å². The zero-order valence-electron chi connectivity index (χ0n) is 9.50. The van der Waals surface area contributed by atoms with Crippen molar-refractivity contribution in [2.75, 3.05) is 14.1 Å². The van der Waals surface area contributed by atoms with Gasteiger partial charge in [-0.25, -0.2) is 0 Å². The van der Waals surface area contributed by atoms with Crippen LogP contribution in [0, 0.1) is 0 Å². The lowest BCUT2D eigenvalue weighted by molar-refractivity contribution is 0.0758. The molecule has 0 aromatic heterocycles. The molecule has 0 spiro atoms. The van der Waals surface area contributed by atoms with Crippen molar-refractivity contribution in [3.05, 3.63) is 35.9 Å². The highest BCUT2D eigenvalue weighted by Crippen LogP contribution is 2.31. The Morgan fingerprint density at radius 2 is 2.06 bits per heavy atom. The van der Waals surface area contributed by atoms with Crippen LogP contribution in [-0.2, 0) is 6.42 Å². The molecule has 3 nitrogen and oxygen atoms in total. The zero-order valence-corrected chi connectivity index (χ0v) is 10.3. The molecule has 0 saturated carbocycles. The third-order valence-electron chi connectivity index (χ3n) is 2.76. The van der Waals surface area contributed by atoms with Crippen LogP contribution in [0.1, 0.15) is 5.56 Å². The summed E-state index contributed by atoms with van der Waals surface area (Å²) in [5, 5.41) is 11.1. The molecule has 1 aliphatic heterocycles. The lowest BCUT2D eigenvalue weighted by atomic mass is 10.1. The first kappa shape index (κ1) is 11.5. The molecule has 86 valence electrons. The molecule has 1 fully saturated rings. The first-order chi connectivity index (χ1) is 7.72. The van der Waals surface area contributed by atoms with Gasteiger partial charge in [-0.3, -0.25) is 4.99 Å². The summed E-state index contributed by atoms with van der Waals surface area (Å²) in [6.45, 7) is 0. The maximum Gasteiger partial charge on any atom is 0.161 e. The number of thioether (sulfide) groups is 1. The molecular formula is C12H16N2OS. The van der Waals surface area contributed by atoms with Crippen LogP contribution in [0.25, 0.3) is 0 Å². The number of aliphatic hydroxyl groups excluding tert-OH is 1. The van der Waals surface area contributed by atoms with Crippen LogP contribution >= 0.6 is 11.8 Å². The smallest absolute Gasteiger partial charge is 0.161 e. The van der Waals surface area contributed by atoms with E-state index in [2.05, 4.69) is 17.1 Å². The summed E-state index contributed by atoms with van der Waals surface area (Å²) in [5.41, 5.74) is 1.25. The number of hydrogen-bond acceptors (Lipinski definition) is 3. The van der Waals surface area contributed by atoms with Crippen LogP contribution in [0.4, 0.5) is 0 Å². The van der Waals surface area contributed by atoms with Crippen LogP contribution in [0.2, 0.25) is 0 Å². The number of benzene rings is 1. The number of hydrogen-bond donors (Lipinski definition) is 1. The minimum absolute atomic E-state index is 0.172. The van der Waals surface area contributed by atoms with E-state index >= 15 is 0 Å². The first-order valence-electron chi connectivity index (χ1n) is 5.30. The second-order valence-electron chi connectivity index (χ2n) is 3.88. The summed E-state index contributed by atoms with van der Waals surface area (Å²) in [4.78, 5) is 5.99. The van der Waals surface area contributed by atoms with Crippen LogP contribution in [0.5, 0.6) is 0 Å². The lowest BCUT2D eigenvalue weighted by Gasteiger charge is -2.18. The fourth-order valence-corrected chi connectivity index (χ4v) is 3.08. The van der Waals surface area contributed by atoms with E-state index in [0.717, 1.165) is 11.6 Å². The molecule has 2 rings (SSSR count). The van der Waals surface area contributed by atoms with E-state index in [0.29, 0.717) is 0 Å². The Hall–Kier alpha value is -1.00. The molecule has 1 aliphatic rings. The molecule has 1 aromatic carbocycles. The second kappa shape index (κ2) is 4.89. The normalized spacial score (nSPS) is 27.7. The first-order valence-corrected chi connectivity index (χ1v) is 6.18. The average Bonchev–Trinajstić information content (AvgIpc) is 2.58. The van der Waals surface area contributed by atoms with Crippen molar-refractivity contribution in [3.8, 4) is 0 Å². The van der Waals surface area contributed by atoms with Gasteiger partial charge in [-0.15, -0.1) is 0 Å². The van der Waals surface area contributed by atoms with Gasteiger partial charge >= 0.3 is 0 Å². The Morgan fingerprint density at radius 3 is 2.62 bits per heavy atom. The van der Waals surface area contributed by atoms with E-state index in [1.807, 2.05) is 30.1 Å². The fraction of sp³-hybridized carbons (Fsp3) is 0.417. The van der Waals surface area contributed by atoms with Gasteiger partial charge < -0.3 is 10.0 Å². The van der Waals surface area contributed by atoms with Gasteiger partial charge in [0.2, 0.25) is 0 Å². The van der Waals surface area contributed by atoms with Crippen molar-refractivity contribution in [3.63, 3.8) is 0 Å². The number of aliphatic hydroxyl groups is 1. The Balaban J connectivity index is 2.07. The highest BCUT2D eigenvalue weighted by atomic mass is 32.2. The second-order valence-corrected chi connectivity index (χ2v) is 5.08. The summed E-state index contributed by atoms with van der Waals surface area (Å²) < 4.78 is 0. The molecule has 0 unspecified atom stereocenters. The van der Waals surface area contributed by atoms with E-state index < -0.39 is 6.23 Å². The fourth-order valence-electron chi connectivity index (χ4n) is 1.85.